The lowest BCUT2D eigenvalue weighted by Gasteiger charge is -2.11. The summed E-state index contributed by atoms with van der Waals surface area (Å²) in [7, 11) is 0. The summed E-state index contributed by atoms with van der Waals surface area (Å²) in [5, 5.41) is 25.5. The Morgan fingerprint density at radius 2 is 0.857 bits per heavy atom. The molecule has 0 N–H and O–H groups in total. The highest BCUT2D eigenvalue weighted by Gasteiger charge is 2.22. The van der Waals surface area contributed by atoms with Crippen LogP contribution in [0.3, 0.4) is 0 Å². The van der Waals surface area contributed by atoms with Crippen molar-refractivity contribution in [3.05, 3.63) is 166 Å². The number of nitro benzene ring substituents is 2. The molecule has 0 atom stereocenters. The Morgan fingerprint density at radius 1 is 0.449 bits per heavy atom. The monoisotopic (exact) mass is 640 g/mol. The van der Waals surface area contributed by atoms with Gasteiger partial charge < -0.3 is 0 Å². The van der Waals surface area contributed by atoms with Crippen LogP contribution in [0.2, 0.25) is 0 Å². The summed E-state index contributed by atoms with van der Waals surface area (Å²) in [6.45, 7) is 0. The van der Waals surface area contributed by atoms with Crippen molar-refractivity contribution in [2.24, 2.45) is 0 Å². The molecular formula is C39H24N6O4. The summed E-state index contributed by atoms with van der Waals surface area (Å²) in [5.74, 6) is 1.37. The molecular weight excluding hydrogens is 616 g/mol. The lowest BCUT2D eigenvalue weighted by Crippen LogP contribution is -2.06. The lowest BCUT2D eigenvalue weighted by atomic mass is 9.99. The smallest absolute Gasteiger partial charge is 0.277 e. The van der Waals surface area contributed by atoms with Crippen molar-refractivity contribution in [1.82, 2.24) is 19.5 Å². The van der Waals surface area contributed by atoms with Gasteiger partial charge in [-0.2, -0.15) is 9.97 Å². The van der Waals surface area contributed by atoms with Crippen molar-refractivity contribution in [3.63, 3.8) is 0 Å². The minimum atomic E-state index is -0.392. The fraction of sp³-hybridized carbons (Fsp3) is 0. The molecule has 10 nitrogen and oxygen atoms in total. The molecule has 0 spiro atoms. The Kier molecular flexibility index (Phi) is 7.15. The van der Waals surface area contributed by atoms with Crippen LogP contribution in [0.5, 0.6) is 0 Å². The largest absolute Gasteiger partial charge is 0.278 e. The Labute approximate surface area is 278 Å². The maximum Gasteiger partial charge on any atom is 0.277 e. The van der Waals surface area contributed by atoms with Crippen LogP contribution in [0.15, 0.2) is 146 Å². The molecule has 0 aliphatic carbocycles. The normalized spacial score (nSPS) is 11.2. The first kappa shape index (κ1) is 29.3. The number of hydrogen-bond acceptors (Lipinski definition) is 7. The average molecular weight is 641 g/mol. The molecule has 2 aromatic heterocycles. The molecule has 0 bridgehead atoms. The number of para-hydroxylation sites is 2. The predicted molar refractivity (Wildman–Crippen MR) is 189 cm³/mol. The molecule has 0 fully saturated rings. The van der Waals surface area contributed by atoms with Gasteiger partial charge in [-0.3, -0.25) is 24.8 Å². The maximum atomic E-state index is 12.0. The van der Waals surface area contributed by atoms with E-state index in [1.165, 1.54) is 12.1 Å². The minimum absolute atomic E-state index is 0.0105. The molecule has 234 valence electrons. The third-order valence-corrected chi connectivity index (χ3v) is 8.48. The SMILES string of the molecule is O=[N+]([O-])c1ccccc1-c1ccc2c(c1)c1cc(-c3ccccc3[N+](=O)[O-])ccc1n2-c1nc(-c2ccccc2)nc(-c2ccccc2)n1. The number of nitrogens with zero attached hydrogens (tertiary/aromatic N) is 6. The van der Waals surface area contributed by atoms with E-state index in [9.17, 15) is 20.2 Å². The summed E-state index contributed by atoms with van der Waals surface area (Å²) in [6.07, 6.45) is 0. The molecule has 0 radical (unpaired) electrons. The van der Waals surface area contributed by atoms with Crippen molar-refractivity contribution >= 4 is 33.2 Å². The predicted octanol–water partition coefficient (Wildman–Crippen LogP) is 9.45. The number of hydrogen-bond donors (Lipinski definition) is 0. The second kappa shape index (κ2) is 11.9. The lowest BCUT2D eigenvalue weighted by molar-refractivity contribution is -0.384. The molecule has 2 heterocycles. The molecule has 49 heavy (non-hydrogen) atoms. The molecule has 0 saturated carbocycles. The van der Waals surface area contributed by atoms with Crippen molar-refractivity contribution < 1.29 is 9.85 Å². The van der Waals surface area contributed by atoms with E-state index in [0.717, 1.165) is 32.9 Å². The quantitative estimate of drug-likeness (QED) is 0.125. The zero-order valence-corrected chi connectivity index (χ0v) is 25.7. The molecule has 6 aromatic carbocycles. The van der Waals surface area contributed by atoms with E-state index in [0.29, 0.717) is 39.9 Å². The molecule has 0 saturated heterocycles. The zero-order valence-electron chi connectivity index (χ0n) is 25.7. The zero-order chi connectivity index (χ0) is 33.5. The number of benzene rings is 6. The fourth-order valence-electron chi connectivity index (χ4n) is 6.23. The van der Waals surface area contributed by atoms with E-state index in [2.05, 4.69) is 0 Å². The number of nitro groups is 2. The summed E-state index contributed by atoms with van der Waals surface area (Å²) < 4.78 is 1.94. The van der Waals surface area contributed by atoms with Gasteiger partial charge in [-0.05, 0) is 47.5 Å². The van der Waals surface area contributed by atoms with Crippen LogP contribution in [-0.4, -0.2) is 29.4 Å². The van der Waals surface area contributed by atoms with Gasteiger partial charge >= 0.3 is 0 Å². The fourth-order valence-corrected chi connectivity index (χ4v) is 6.23. The van der Waals surface area contributed by atoms with Gasteiger partial charge in [-0.1, -0.05) is 97.1 Å². The van der Waals surface area contributed by atoms with Crippen LogP contribution in [0, 0.1) is 20.2 Å². The third kappa shape index (κ3) is 5.23. The first-order valence-corrected chi connectivity index (χ1v) is 15.4. The van der Waals surface area contributed by atoms with E-state index in [1.54, 1.807) is 36.4 Å². The molecule has 0 aliphatic heterocycles. The van der Waals surface area contributed by atoms with Gasteiger partial charge in [0.1, 0.15) is 0 Å². The third-order valence-electron chi connectivity index (χ3n) is 8.48. The number of rotatable bonds is 7. The highest BCUT2D eigenvalue weighted by molar-refractivity contribution is 6.11. The van der Waals surface area contributed by atoms with Crippen molar-refractivity contribution in [2.75, 3.05) is 0 Å². The van der Waals surface area contributed by atoms with E-state index >= 15 is 0 Å². The molecule has 8 rings (SSSR count). The second-order valence-electron chi connectivity index (χ2n) is 11.4. The average Bonchev–Trinajstić information content (AvgIpc) is 3.48. The van der Waals surface area contributed by atoms with Crippen molar-refractivity contribution in [3.8, 4) is 51.0 Å². The minimum Gasteiger partial charge on any atom is -0.278 e. The standard InChI is InChI=1S/C39H24N6O4/c46-44(47)35-17-9-7-15-29(35)27-19-21-33-31(23-27)32-24-28(30-16-8-10-18-36(30)45(48)49)20-22-34(32)43(33)39-41-37(25-11-3-1-4-12-25)40-38(42-39)26-13-5-2-6-14-26/h1-24H. The first-order chi connectivity index (χ1) is 24.0. The topological polar surface area (TPSA) is 130 Å². The van der Waals surface area contributed by atoms with Crippen molar-refractivity contribution in [2.45, 2.75) is 0 Å². The number of fused-ring (bicyclic) bond motifs is 3. The second-order valence-corrected chi connectivity index (χ2v) is 11.4. The van der Waals surface area contributed by atoms with Gasteiger partial charge in [0.2, 0.25) is 5.95 Å². The maximum absolute atomic E-state index is 12.0. The van der Waals surface area contributed by atoms with Crippen LogP contribution in [0.25, 0.3) is 72.8 Å². The summed E-state index contributed by atoms with van der Waals surface area (Å²) in [4.78, 5) is 37.9. The number of aromatic nitrogens is 4. The van der Waals surface area contributed by atoms with Crippen LogP contribution >= 0.6 is 0 Å². The van der Waals surface area contributed by atoms with Crippen LogP contribution in [-0.2, 0) is 0 Å². The van der Waals surface area contributed by atoms with Crippen LogP contribution in [0.4, 0.5) is 11.4 Å². The van der Waals surface area contributed by atoms with Crippen LogP contribution < -0.4 is 0 Å². The summed E-state index contributed by atoms with van der Waals surface area (Å²) in [5.41, 5.74) is 5.38. The van der Waals surface area contributed by atoms with Crippen molar-refractivity contribution in [1.29, 1.82) is 0 Å². The first-order valence-electron chi connectivity index (χ1n) is 15.4. The van der Waals surface area contributed by atoms with Gasteiger partial charge in [-0.25, -0.2) is 4.98 Å². The van der Waals surface area contributed by atoms with E-state index in [-0.39, 0.29) is 11.4 Å². The Morgan fingerprint density at radius 3 is 1.29 bits per heavy atom. The summed E-state index contributed by atoms with van der Waals surface area (Å²) >= 11 is 0. The van der Waals surface area contributed by atoms with E-state index in [1.807, 2.05) is 102 Å². The molecule has 10 heteroatoms. The highest BCUT2D eigenvalue weighted by atomic mass is 16.6. The highest BCUT2D eigenvalue weighted by Crippen LogP contribution is 2.40. The molecule has 0 unspecified atom stereocenters. The molecule has 0 aliphatic rings. The molecule has 8 aromatic rings. The molecule has 0 amide bonds. The van der Waals surface area contributed by atoms with Gasteiger partial charge in [-0.15, -0.1) is 0 Å². The van der Waals surface area contributed by atoms with E-state index < -0.39 is 9.85 Å². The van der Waals surface area contributed by atoms with E-state index in [4.69, 9.17) is 15.0 Å². The van der Waals surface area contributed by atoms with Gasteiger partial charge in [0.25, 0.3) is 11.4 Å². The van der Waals surface area contributed by atoms with Gasteiger partial charge in [0.15, 0.2) is 11.6 Å². The summed E-state index contributed by atoms with van der Waals surface area (Å²) in [6, 6.07) is 43.9. The Hall–Kier alpha value is -7.07. The van der Waals surface area contributed by atoms with Gasteiger partial charge in [0.05, 0.1) is 32.0 Å². The Bertz CT molecular complexity index is 2400. The van der Waals surface area contributed by atoms with Crippen LogP contribution in [0.1, 0.15) is 0 Å². The Balaban J connectivity index is 1.44. The van der Waals surface area contributed by atoms with Gasteiger partial charge in [0, 0.05) is 34.0 Å².